The Kier molecular flexibility index (Phi) is 5.84. The molecule has 1 amide bonds. The predicted molar refractivity (Wildman–Crippen MR) is 89.7 cm³/mol. The van der Waals surface area contributed by atoms with E-state index in [1.165, 1.54) is 7.11 Å². The Balaban J connectivity index is 2.24. The lowest BCUT2D eigenvalue weighted by Gasteiger charge is -2.30. The highest BCUT2D eigenvalue weighted by molar-refractivity contribution is 5.95. The van der Waals surface area contributed by atoms with E-state index in [4.69, 9.17) is 14.6 Å². The highest BCUT2D eigenvalue weighted by Gasteiger charge is 2.28. The molecule has 6 heteroatoms. The average molecular weight is 333 g/mol. The topological polar surface area (TPSA) is 76.1 Å². The molecule has 24 heavy (non-hydrogen) atoms. The SMILES string of the molecule is C=CCc1cc(C(=O)N2CCC(C(=O)O)CC2)cc(OC)c1OC. The third-order valence-electron chi connectivity index (χ3n) is 4.30. The fourth-order valence-electron chi connectivity index (χ4n) is 2.99. The minimum Gasteiger partial charge on any atom is -0.493 e. The van der Waals surface area contributed by atoms with Crippen molar-refractivity contribution in [2.45, 2.75) is 19.3 Å². The molecular formula is C18H23NO5. The highest BCUT2D eigenvalue weighted by Crippen LogP contribution is 2.34. The fraction of sp³-hybridized carbons (Fsp3) is 0.444. The molecule has 0 aromatic heterocycles. The lowest BCUT2D eigenvalue weighted by atomic mass is 9.96. The van der Waals surface area contributed by atoms with Gasteiger partial charge >= 0.3 is 5.97 Å². The van der Waals surface area contributed by atoms with E-state index in [2.05, 4.69) is 6.58 Å². The van der Waals surface area contributed by atoms with Crippen LogP contribution in [-0.4, -0.2) is 49.2 Å². The van der Waals surface area contributed by atoms with E-state index in [1.54, 1.807) is 30.2 Å². The Morgan fingerprint density at radius 2 is 1.96 bits per heavy atom. The number of hydrogen-bond acceptors (Lipinski definition) is 4. The first-order valence-corrected chi connectivity index (χ1v) is 7.89. The Morgan fingerprint density at radius 3 is 2.46 bits per heavy atom. The van der Waals surface area contributed by atoms with Gasteiger partial charge in [0.15, 0.2) is 11.5 Å². The van der Waals surface area contributed by atoms with E-state index in [1.807, 2.05) is 0 Å². The Hall–Kier alpha value is -2.50. The fourth-order valence-corrected chi connectivity index (χ4v) is 2.99. The monoisotopic (exact) mass is 333 g/mol. The standard InChI is InChI=1S/C18H23NO5/c1-4-5-13-10-14(11-15(23-2)16(13)24-3)17(20)19-8-6-12(7-9-19)18(21)22/h4,10-12H,1,5-9H2,2-3H3,(H,21,22). The number of allylic oxidation sites excluding steroid dienone is 1. The number of nitrogens with zero attached hydrogens (tertiary/aromatic N) is 1. The number of aliphatic carboxylic acids is 1. The number of ether oxygens (including phenoxy) is 2. The molecular weight excluding hydrogens is 310 g/mol. The van der Waals surface area contributed by atoms with Crippen LogP contribution >= 0.6 is 0 Å². The van der Waals surface area contributed by atoms with Gasteiger partial charge in [0.05, 0.1) is 20.1 Å². The van der Waals surface area contributed by atoms with Crippen LogP contribution in [0.3, 0.4) is 0 Å². The van der Waals surface area contributed by atoms with E-state index in [0.29, 0.717) is 49.4 Å². The Bertz CT molecular complexity index is 633. The smallest absolute Gasteiger partial charge is 0.306 e. The second kappa shape index (κ2) is 7.86. The molecule has 1 aromatic rings. The molecule has 0 radical (unpaired) electrons. The van der Waals surface area contributed by atoms with Crippen LogP contribution in [0.5, 0.6) is 11.5 Å². The molecule has 0 bridgehead atoms. The van der Waals surface area contributed by atoms with Crippen molar-refractivity contribution in [2.24, 2.45) is 5.92 Å². The van der Waals surface area contributed by atoms with Gasteiger partial charge in [0.25, 0.3) is 5.91 Å². The maximum Gasteiger partial charge on any atom is 0.306 e. The summed E-state index contributed by atoms with van der Waals surface area (Å²) in [5, 5.41) is 9.06. The van der Waals surface area contributed by atoms with Gasteiger partial charge in [-0.1, -0.05) is 6.08 Å². The number of hydrogen-bond donors (Lipinski definition) is 1. The van der Waals surface area contributed by atoms with Crippen molar-refractivity contribution < 1.29 is 24.2 Å². The van der Waals surface area contributed by atoms with Crippen molar-refractivity contribution in [1.82, 2.24) is 4.90 Å². The zero-order valence-electron chi connectivity index (χ0n) is 14.1. The van der Waals surface area contributed by atoms with Crippen molar-refractivity contribution >= 4 is 11.9 Å². The van der Waals surface area contributed by atoms with Gasteiger partial charge in [0.1, 0.15) is 0 Å². The van der Waals surface area contributed by atoms with E-state index in [9.17, 15) is 9.59 Å². The summed E-state index contributed by atoms with van der Waals surface area (Å²) >= 11 is 0. The number of likely N-dealkylation sites (tertiary alicyclic amines) is 1. The van der Waals surface area contributed by atoms with Gasteiger partial charge in [-0.2, -0.15) is 0 Å². The third kappa shape index (κ3) is 3.69. The van der Waals surface area contributed by atoms with Crippen LogP contribution in [0.15, 0.2) is 24.8 Å². The molecule has 1 aliphatic heterocycles. The van der Waals surface area contributed by atoms with Gasteiger partial charge in [-0.3, -0.25) is 9.59 Å². The molecule has 0 spiro atoms. The summed E-state index contributed by atoms with van der Waals surface area (Å²) in [6.45, 7) is 4.62. The molecule has 6 nitrogen and oxygen atoms in total. The van der Waals surface area contributed by atoms with Crippen molar-refractivity contribution in [3.8, 4) is 11.5 Å². The molecule has 1 N–H and O–H groups in total. The number of rotatable bonds is 6. The largest absolute Gasteiger partial charge is 0.493 e. The predicted octanol–water partition coefficient (Wildman–Crippen LogP) is 2.37. The molecule has 0 unspecified atom stereocenters. The quantitative estimate of drug-likeness (QED) is 0.809. The van der Waals surface area contributed by atoms with Gasteiger partial charge in [0, 0.05) is 24.2 Å². The highest BCUT2D eigenvalue weighted by atomic mass is 16.5. The van der Waals surface area contributed by atoms with Crippen LogP contribution in [0, 0.1) is 5.92 Å². The van der Waals surface area contributed by atoms with Crippen LogP contribution in [0.25, 0.3) is 0 Å². The molecule has 0 atom stereocenters. The Morgan fingerprint density at radius 1 is 1.29 bits per heavy atom. The van der Waals surface area contributed by atoms with Crippen molar-refractivity contribution in [1.29, 1.82) is 0 Å². The molecule has 0 aliphatic carbocycles. The number of carbonyl (C=O) groups is 2. The summed E-state index contributed by atoms with van der Waals surface area (Å²) in [6, 6.07) is 3.45. The van der Waals surface area contributed by atoms with E-state index in [-0.39, 0.29) is 11.8 Å². The number of carboxylic acid groups (broad SMARTS) is 1. The zero-order valence-corrected chi connectivity index (χ0v) is 14.1. The second-order valence-electron chi connectivity index (χ2n) is 5.77. The molecule has 1 fully saturated rings. The maximum absolute atomic E-state index is 12.8. The number of methoxy groups -OCH3 is 2. The molecule has 1 saturated heterocycles. The number of piperidine rings is 1. The third-order valence-corrected chi connectivity index (χ3v) is 4.30. The number of benzene rings is 1. The molecule has 1 aromatic carbocycles. The van der Waals surface area contributed by atoms with E-state index >= 15 is 0 Å². The van der Waals surface area contributed by atoms with Crippen molar-refractivity contribution in [3.05, 3.63) is 35.9 Å². The van der Waals surface area contributed by atoms with Crippen LogP contribution in [0.4, 0.5) is 0 Å². The minimum absolute atomic E-state index is 0.120. The lowest BCUT2D eigenvalue weighted by molar-refractivity contribution is -0.143. The molecule has 130 valence electrons. The molecule has 1 heterocycles. The summed E-state index contributed by atoms with van der Waals surface area (Å²) in [4.78, 5) is 25.5. The van der Waals surface area contributed by atoms with Crippen LogP contribution < -0.4 is 9.47 Å². The first kappa shape index (κ1) is 17.8. The molecule has 1 aliphatic rings. The summed E-state index contributed by atoms with van der Waals surface area (Å²) < 4.78 is 10.7. The normalized spacial score (nSPS) is 15.0. The summed E-state index contributed by atoms with van der Waals surface area (Å²) in [5.74, 6) is -0.179. The van der Waals surface area contributed by atoms with Crippen LogP contribution in [-0.2, 0) is 11.2 Å². The second-order valence-corrected chi connectivity index (χ2v) is 5.77. The average Bonchev–Trinajstić information content (AvgIpc) is 2.60. The first-order valence-electron chi connectivity index (χ1n) is 7.89. The van der Waals surface area contributed by atoms with Crippen LogP contribution in [0.2, 0.25) is 0 Å². The van der Waals surface area contributed by atoms with Gasteiger partial charge in [-0.25, -0.2) is 0 Å². The number of amides is 1. The lowest BCUT2D eigenvalue weighted by Crippen LogP contribution is -2.40. The summed E-state index contributed by atoms with van der Waals surface area (Å²) in [7, 11) is 3.09. The van der Waals surface area contributed by atoms with Gasteiger partial charge in [-0.05, 0) is 31.4 Å². The van der Waals surface area contributed by atoms with Crippen molar-refractivity contribution in [3.63, 3.8) is 0 Å². The van der Waals surface area contributed by atoms with E-state index in [0.717, 1.165) is 5.56 Å². The maximum atomic E-state index is 12.8. The zero-order chi connectivity index (χ0) is 17.7. The first-order chi connectivity index (χ1) is 11.5. The van der Waals surface area contributed by atoms with Gasteiger partial charge in [0.2, 0.25) is 0 Å². The molecule has 2 rings (SSSR count). The van der Waals surface area contributed by atoms with Gasteiger partial charge < -0.3 is 19.5 Å². The van der Waals surface area contributed by atoms with Crippen LogP contribution in [0.1, 0.15) is 28.8 Å². The van der Waals surface area contributed by atoms with Crippen molar-refractivity contribution in [2.75, 3.05) is 27.3 Å². The van der Waals surface area contributed by atoms with Gasteiger partial charge in [-0.15, -0.1) is 6.58 Å². The summed E-state index contributed by atoms with van der Waals surface area (Å²) in [6.07, 6.45) is 3.26. The van der Waals surface area contributed by atoms with E-state index < -0.39 is 5.97 Å². The molecule has 0 saturated carbocycles. The minimum atomic E-state index is -0.790. The number of carbonyl (C=O) groups excluding carboxylic acids is 1. The summed E-state index contributed by atoms with van der Waals surface area (Å²) in [5.41, 5.74) is 1.34. The Labute approximate surface area is 141 Å². The number of carboxylic acids is 1.